The van der Waals surface area contributed by atoms with Crippen LogP contribution in [0.5, 0.6) is 0 Å². The summed E-state index contributed by atoms with van der Waals surface area (Å²) in [4.78, 5) is 28.8. The van der Waals surface area contributed by atoms with E-state index in [4.69, 9.17) is 13.6 Å². The lowest BCUT2D eigenvalue weighted by molar-refractivity contribution is -0.139. The van der Waals surface area contributed by atoms with Gasteiger partial charge >= 0.3 is 6.09 Å². The molecule has 0 spiro atoms. The van der Waals surface area contributed by atoms with E-state index in [-0.39, 0.29) is 17.9 Å². The quantitative estimate of drug-likeness (QED) is 0.772. The number of likely N-dealkylation sites (tertiary alicyclic amines) is 1. The SMILES string of the molecule is CC(C)(C)OC(=O)N1CCC(C(=O)N(Cc2ccco2)Cc2ccco2)CC1. The Morgan fingerprint density at radius 3 is 2.04 bits per heavy atom. The molecule has 1 fully saturated rings. The van der Waals surface area contributed by atoms with Crippen molar-refractivity contribution in [2.45, 2.75) is 52.3 Å². The second-order valence-corrected chi connectivity index (χ2v) is 8.09. The Labute approximate surface area is 165 Å². The number of piperidine rings is 1. The van der Waals surface area contributed by atoms with Crippen molar-refractivity contribution in [1.29, 1.82) is 0 Å². The van der Waals surface area contributed by atoms with Gasteiger partial charge in [0.25, 0.3) is 0 Å². The van der Waals surface area contributed by atoms with Crippen LogP contribution in [0.2, 0.25) is 0 Å². The van der Waals surface area contributed by atoms with E-state index in [1.54, 1.807) is 22.3 Å². The van der Waals surface area contributed by atoms with Crippen LogP contribution in [-0.4, -0.2) is 40.5 Å². The second kappa shape index (κ2) is 8.54. The topological polar surface area (TPSA) is 76.1 Å². The fourth-order valence-corrected chi connectivity index (χ4v) is 3.29. The molecule has 3 heterocycles. The molecular weight excluding hydrogens is 360 g/mol. The molecule has 2 aromatic heterocycles. The third-order valence-electron chi connectivity index (χ3n) is 4.66. The molecule has 0 N–H and O–H groups in total. The first kappa shape index (κ1) is 20.0. The van der Waals surface area contributed by atoms with Crippen molar-refractivity contribution >= 4 is 12.0 Å². The molecule has 28 heavy (non-hydrogen) atoms. The highest BCUT2D eigenvalue weighted by atomic mass is 16.6. The average molecular weight is 388 g/mol. The Balaban J connectivity index is 1.60. The minimum Gasteiger partial charge on any atom is -0.467 e. The first-order chi connectivity index (χ1) is 13.3. The van der Waals surface area contributed by atoms with Gasteiger partial charge in [0, 0.05) is 19.0 Å². The van der Waals surface area contributed by atoms with Crippen molar-refractivity contribution in [1.82, 2.24) is 9.80 Å². The number of rotatable bonds is 5. The number of hydrogen-bond acceptors (Lipinski definition) is 5. The van der Waals surface area contributed by atoms with Crippen LogP contribution in [0.15, 0.2) is 45.6 Å². The van der Waals surface area contributed by atoms with Gasteiger partial charge < -0.3 is 23.4 Å². The number of carbonyl (C=O) groups excluding carboxylic acids is 2. The molecule has 0 saturated carbocycles. The van der Waals surface area contributed by atoms with Crippen LogP contribution in [0.3, 0.4) is 0 Å². The van der Waals surface area contributed by atoms with Gasteiger partial charge in [0.05, 0.1) is 25.6 Å². The fraction of sp³-hybridized carbons (Fsp3) is 0.524. The summed E-state index contributed by atoms with van der Waals surface area (Å²) in [6.07, 6.45) is 4.12. The minimum absolute atomic E-state index is 0.0524. The molecular formula is C21H28N2O5. The molecule has 1 aliphatic rings. The van der Waals surface area contributed by atoms with Crippen LogP contribution >= 0.6 is 0 Å². The number of amides is 2. The van der Waals surface area contributed by atoms with E-state index in [2.05, 4.69) is 0 Å². The van der Waals surface area contributed by atoms with Gasteiger partial charge in [-0.1, -0.05) is 0 Å². The molecule has 0 aliphatic carbocycles. The molecule has 1 aliphatic heterocycles. The monoisotopic (exact) mass is 388 g/mol. The Bertz CT molecular complexity index is 717. The number of ether oxygens (including phenoxy) is 1. The average Bonchev–Trinajstić information content (AvgIpc) is 3.33. The molecule has 1 saturated heterocycles. The summed E-state index contributed by atoms with van der Waals surface area (Å²) >= 11 is 0. The molecule has 2 aromatic rings. The summed E-state index contributed by atoms with van der Waals surface area (Å²) in [7, 11) is 0. The first-order valence-corrected chi connectivity index (χ1v) is 9.63. The van der Waals surface area contributed by atoms with Crippen molar-refractivity contribution < 1.29 is 23.2 Å². The predicted molar refractivity (Wildman–Crippen MR) is 102 cm³/mol. The number of hydrogen-bond donors (Lipinski definition) is 0. The van der Waals surface area contributed by atoms with Gasteiger partial charge in [-0.2, -0.15) is 0 Å². The van der Waals surface area contributed by atoms with Gasteiger partial charge in [0.15, 0.2) is 0 Å². The Kier molecular flexibility index (Phi) is 6.11. The molecule has 0 unspecified atom stereocenters. The molecule has 2 amide bonds. The molecule has 0 atom stereocenters. The van der Waals surface area contributed by atoms with E-state index in [1.807, 2.05) is 45.0 Å². The van der Waals surface area contributed by atoms with Crippen molar-refractivity contribution in [2.75, 3.05) is 13.1 Å². The number of carbonyl (C=O) groups is 2. The van der Waals surface area contributed by atoms with Gasteiger partial charge in [-0.15, -0.1) is 0 Å². The molecule has 0 aromatic carbocycles. The van der Waals surface area contributed by atoms with E-state index >= 15 is 0 Å². The summed E-state index contributed by atoms with van der Waals surface area (Å²) in [5, 5.41) is 0. The minimum atomic E-state index is -0.521. The summed E-state index contributed by atoms with van der Waals surface area (Å²) in [5.74, 6) is 1.37. The predicted octanol–water partition coefficient (Wildman–Crippen LogP) is 4.05. The smallest absolute Gasteiger partial charge is 0.410 e. The van der Waals surface area contributed by atoms with Crippen molar-refractivity contribution in [3.63, 3.8) is 0 Å². The van der Waals surface area contributed by atoms with Crippen LogP contribution in [0.4, 0.5) is 4.79 Å². The normalized spacial score (nSPS) is 15.5. The van der Waals surface area contributed by atoms with Crippen LogP contribution < -0.4 is 0 Å². The largest absolute Gasteiger partial charge is 0.467 e. The zero-order chi connectivity index (χ0) is 20.1. The molecule has 7 nitrogen and oxygen atoms in total. The number of nitrogens with zero attached hydrogens (tertiary/aromatic N) is 2. The summed E-state index contributed by atoms with van der Waals surface area (Å²) in [5.41, 5.74) is -0.521. The highest BCUT2D eigenvalue weighted by Gasteiger charge is 2.32. The van der Waals surface area contributed by atoms with E-state index in [9.17, 15) is 9.59 Å². The van der Waals surface area contributed by atoms with Crippen LogP contribution in [0, 0.1) is 5.92 Å². The zero-order valence-corrected chi connectivity index (χ0v) is 16.7. The van der Waals surface area contributed by atoms with Crippen LogP contribution in [0.25, 0.3) is 0 Å². The molecule has 3 rings (SSSR count). The van der Waals surface area contributed by atoms with E-state index in [1.165, 1.54) is 0 Å². The lowest BCUT2D eigenvalue weighted by atomic mass is 9.95. The van der Waals surface area contributed by atoms with Crippen molar-refractivity contribution in [2.24, 2.45) is 5.92 Å². The Morgan fingerprint density at radius 1 is 1.07 bits per heavy atom. The molecule has 152 valence electrons. The third-order valence-corrected chi connectivity index (χ3v) is 4.66. The maximum atomic E-state index is 13.2. The van der Waals surface area contributed by atoms with Crippen LogP contribution in [0.1, 0.15) is 45.1 Å². The summed E-state index contributed by atoms with van der Waals surface area (Å²) in [6.45, 7) is 7.35. The van der Waals surface area contributed by atoms with Gasteiger partial charge in [-0.3, -0.25) is 4.79 Å². The lowest BCUT2D eigenvalue weighted by Crippen LogP contribution is -2.45. The molecule has 0 bridgehead atoms. The van der Waals surface area contributed by atoms with Crippen molar-refractivity contribution in [3.05, 3.63) is 48.3 Å². The van der Waals surface area contributed by atoms with E-state index in [0.29, 0.717) is 39.0 Å². The third kappa shape index (κ3) is 5.41. The zero-order valence-electron chi connectivity index (χ0n) is 16.7. The first-order valence-electron chi connectivity index (χ1n) is 9.63. The highest BCUT2D eigenvalue weighted by Crippen LogP contribution is 2.24. The van der Waals surface area contributed by atoms with Crippen LogP contribution in [-0.2, 0) is 22.6 Å². The van der Waals surface area contributed by atoms with E-state index in [0.717, 1.165) is 11.5 Å². The van der Waals surface area contributed by atoms with Gasteiger partial charge in [-0.25, -0.2) is 4.79 Å². The molecule has 7 heteroatoms. The molecule has 0 radical (unpaired) electrons. The highest BCUT2D eigenvalue weighted by molar-refractivity contribution is 5.79. The van der Waals surface area contributed by atoms with E-state index < -0.39 is 5.60 Å². The summed E-state index contributed by atoms with van der Waals surface area (Å²) in [6, 6.07) is 7.33. The fourth-order valence-electron chi connectivity index (χ4n) is 3.29. The van der Waals surface area contributed by atoms with Gasteiger partial charge in [0.1, 0.15) is 17.1 Å². The maximum absolute atomic E-state index is 13.2. The Hall–Kier alpha value is -2.70. The standard InChI is InChI=1S/C21H28N2O5/c1-21(2,3)28-20(25)22-10-8-16(9-11-22)19(24)23(14-17-6-4-12-26-17)15-18-7-5-13-27-18/h4-7,12-13,16H,8-11,14-15H2,1-3H3. The Morgan fingerprint density at radius 2 is 1.61 bits per heavy atom. The summed E-state index contributed by atoms with van der Waals surface area (Å²) < 4.78 is 16.3. The lowest BCUT2D eigenvalue weighted by Gasteiger charge is -2.34. The van der Waals surface area contributed by atoms with Gasteiger partial charge in [-0.05, 0) is 57.9 Å². The second-order valence-electron chi connectivity index (χ2n) is 8.09. The number of furan rings is 2. The van der Waals surface area contributed by atoms with Crippen molar-refractivity contribution in [3.8, 4) is 0 Å². The maximum Gasteiger partial charge on any atom is 0.410 e. The van der Waals surface area contributed by atoms with Gasteiger partial charge in [0.2, 0.25) is 5.91 Å².